The summed E-state index contributed by atoms with van der Waals surface area (Å²) in [5, 5.41) is 0.670. The van der Waals surface area contributed by atoms with Crippen LogP contribution in [-0.4, -0.2) is 89.3 Å². The van der Waals surface area contributed by atoms with E-state index in [1.54, 1.807) is 53.3 Å². The van der Waals surface area contributed by atoms with Crippen LogP contribution in [-0.2, 0) is 4.79 Å². The SMILES string of the molecule is CCN(CC)c1ccc2cc(C(=O)N3CCN(C(=O)/C(=C/c4cc(OC)c(OC)c(OC)c4)c4ccc(OC)cc4)CC3)c(=O)oc2c1. The number of hydrogen-bond acceptors (Lipinski definition) is 9. The third-order valence-electron chi connectivity index (χ3n) is 8.56. The molecule has 1 saturated heterocycles. The summed E-state index contributed by atoms with van der Waals surface area (Å²) in [4.78, 5) is 46.1. The maximum Gasteiger partial charge on any atom is 0.349 e. The number of carbonyl (C=O) groups excluding carboxylic acids is 2. The summed E-state index contributed by atoms with van der Waals surface area (Å²) < 4.78 is 27.5. The highest BCUT2D eigenvalue weighted by atomic mass is 16.5. The fourth-order valence-corrected chi connectivity index (χ4v) is 5.88. The molecule has 2 amide bonds. The average Bonchev–Trinajstić information content (AvgIpc) is 3.13. The highest BCUT2D eigenvalue weighted by Gasteiger charge is 2.29. The van der Waals surface area contributed by atoms with Crippen LogP contribution in [0.25, 0.3) is 22.6 Å². The fraction of sp³-hybridized carbons (Fsp3) is 0.324. The van der Waals surface area contributed by atoms with Crippen molar-refractivity contribution in [2.75, 3.05) is 72.6 Å². The van der Waals surface area contributed by atoms with Crippen LogP contribution in [0.1, 0.15) is 35.3 Å². The molecule has 1 fully saturated rings. The zero-order valence-corrected chi connectivity index (χ0v) is 28.2. The van der Waals surface area contributed by atoms with Crippen molar-refractivity contribution in [2.45, 2.75) is 13.8 Å². The lowest BCUT2D eigenvalue weighted by molar-refractivity contribution is -0.126. The first-order valence-electron chi connectivity index (χ1n) is 15.8. The summed E-state index contributed by atoms with van der Waals surface area (Å²) >= 11 is 0. The van der Waals surface area contributed by atoms with E-state index in [4.69, 9.17) is 23.4 Å². The van der Waals surface area contributed by atoms with Gasteiger partial charge in [-0.05, 0) is 73.5 Å². The van der Waals surface area contributed by atoms with Crippen LogP contribution in [0.2, 0.25) is 0 Å². The standard InChI is InChI=1S/C37H41N3O8/c1-7-38(8-2)27-12-9-26-22-30(37(43)48-31(26)23-27)36(42)40-17-15-39(16-18-40)35(41)29(25-10-13-28(44-3)14-11-25)19-24-20-32(45-4)34(47-6)33(21-24)46-5/h9-14,19-23H,7-8,15-18H2,1-6H3/b29-19+. The molecule has 2 heterocycles. The van der Waals surface area contributed by atoms with Gasteiger partial charge in [0, 0.05) is 62.0 Å². The van der Waals surface area contributed by atoms with Gasteiger partial charge in [0.1, 0.15) is 16.9 Å². The minimum atomic E-state index is -0.683. The Morgan fingerprint density at radius 3 is 1.98 bits per heavy atom. The lowest BCUT2D eigenvalue weighted by atomic mass is 10.00. The smallest absolute Gasteiger partial charge is 0.349 e. The molecule has 0 aliphatic carbocycles. The second-order valence-corrected chi connectivity index (χ2v) is 11.2. The normalized spacial score (nSPS) is 13.3. The first-order valence-corrected chi connectivity index (χ1v) is 15.8. The van der Waals surface area contributed by atoms with E-state index >= 15 is 0 Å². The molecule has 0 spiro atoms. The summed E-state index contributed by atoms with van der Waals surface area (Å²) in [6.07, 6.45) is 1.78. The Balaban J connectivity index is 1.38. The molecule has 1 aliphatic rings. The van der Waals surface area contributed by atoms with Gasteiger partial charge in [-0.2, -0.15) is 0 Å². The van der Waals surface area contributed by atoms with Crippen LogP contribution in [0.4, 0.5) is 5.69 Å². The van der Waals surface area contributed by atoms with Crippen LogP contribution >= 0.6 is 0 Å². The van der Waals surface area contributed by atoms with E-state index in [9.17, 15) is 14.4 Å². The quantitative estimate of drug-likeness (QED) is 0.122. The van der Waals surface area contributed by atoms with Crippen molar-refractivity contribution in [3.8, 4) is 23.0 Å². The first kappa shape index (κ1) is 33.9. The van der Waals surface area contributed by atoms with Crippen molar-refractivity contribution in [2.24, 2.45) is 0 Å². The molecule has 5 rings (SSSR count). The van der Waals surface area contributed by atoms with E-state index in [0.29, 0.717) is 50.7 Å². The maximum atomic E-state index is 14.1. The Hall–Kier alpha value is -5.45. The molecule has 252 valence electrons. The second kappa shape index (κ2) is 15.0. The number of hydrogen-bond donors (Lipinski definition) is 0. The lowest BCUT2D eigenvalue weighted by Gasteiger charge is -2.35. The van der Waals surface area contributed by atoms with Crippen molar-refractivity contribution in [1.82, 2.24) is 9.80 Å². The van der Waals surface area contributed by atoms with Crippen molar-refractivity contribution in [3.63, 3.8) is 0 Å². The van der Waals surface area contributed by atoms with Gasteiger partial charge in [-0.3, -0.25) is 9.59 Å². The number of ether oxygens (including phenoxy) is 4. The van der Waals surface area contributed by atoms with E-state index < -0.39 is 11.5 Å². The Bertz CT molecular complexity index is 1850. The molecule has 3 aromatic carbocycles. The van der Waals surface area contributed by atoms with Crippen molar-refractivity contribution < 1.29 is 33.0 Å². The highest BCUT2D eigenvalue weighted by molar-refractivity contribution is 6.24. The number of piperazine rings is 1. The molecule has 11 nitrogen and oxygen atoms in total. The molecule has 0 unspecified atom stereocenters. The van der Waals surface area contributed by atoms with Crippen LogP contribution in [0.15, 0.2) is 69.9 Å². The van der Waals surface area contributed by atoms with Crippen molar-refractivity contribution >= 4 is 40.1 Å². The van der Waals surface area contributed by atoms with Gasteiger partial charge in [0.15, 0.2) is 11.5 Å². The predicted molar refractivity (Wildman–Crippen MR) is 185 cm³/mol. The number of methoxy groups -OCH3 is 4. The number of nitrogens with zero attached hydrogens (tertiary/aromatic N) is 3. The Morgan fingerprint density at radius 1 is 0.792 bits per heavy atom. The molecule has 0 N–H and O–H groups in total. The Labute approximate surface area is 279 Å². The number of rotatable bonds is 11. The largest absolute Gasteiger partial charge is 0.497 e. The molecule has 11 heteroatoms. The summed E-state index contributed by atoms with van der Waals surface area (Å²) in [6, 6.07) is 18.0. The van der Waals surface area contributed by atoms with E-state index in [1.165, 1.54) is 21.3 Å². The second-order valence-electron chi connectivity index (χ2n) is 11.2. The third kappa shape index (κ3) is 6.95. The van der Waals surface area contributed by atoms with Gasteiger partial charge >= 0.3 is 5.63 Å². The van der Waals surface area contributed by atoms with Gasteiger partial charge in [0.25, 0.3) is 11.8 Å². The molecule has 0 atom stereocenters. The van der Waals surface area contributed by atoms with Crippen LogP contribution in [0.3, 0.4) is 0 Å². The highest BCUT2D eigenvalue weighted by Crippen LogP contribution is 2.39. The first-order chi connectivity index (χ1) is 23.2. The number of anilines is 1. The average molecular weight is 656 g/mol. The van der Waals surface area contributed by atoms with Gasteiger partial charge in [0.05, 0.1) is 28.4 Å². The number of amides is 2. The van der Waals surface area contributed by atoms with Gasteiger partial charge in [-0.15, -0.1) is 0 Å². The van der Waals surface area contributed by atoms with E-state index in [-0.39, 0.29) is 37.6 Å². The van der Waals surface area contributed by atoms with Crippen molar-refractivity contribution in [1.29, 1.82) is 0 Å². The van der Waals surface area contributed by atoms with Crippen LogP contribution in [0.5, 0.6) is 23.0 Å². The summed E-state index contributed by atoms with van der Waals surface area (Å²) in [5.41, 5.74) is 2.46. The molecule has 4 aromatic rings. The zero-order chi connectivity index (χ0) is 34.4. The van der Waals surface area contributed by atoms with Crippen LogP contribution < -0.4 is 29.5 Å². The third-order valence-corrected chi connectivity index (χ3v) is 8.56. The molecule has 48 heavy (non-hydrogen) atoms. The molecule has 1 aliphatic heterocycles. The van der Waals surface area contributed by atoms with Crippen molar-refractivity contribution in [3.05, 3.63) is 87.8 Å². The topological polar surface area (TPSA) is 111 Å². The molecule has 0 radical (unpaired) electrons. The van der Waals surface area contributed by atoms with Gasteiger partial charge in [-0.1, -0.05) is 12.1 Å². The Morgan fingerprint density at radius 2 is 1.42 bits per heavy atom. The van der Waals surface area contributed by atoms with Gasteiger partial charge < -0.3 is 38.1 Å². The van der Waals surface area contributed by atoms with E-state index in [2.05, 4.69) is 18.7 Å². The van der Waals surface area contributed by atoms with Crippen LogP contribution in [0, 0.1) is 0 Å². The van der Waals surface area contributed by atoms with Gasteiger partial charge in [-0.25, -0.2) is 4.79 Å². The minimum absolute atomic E-state index is 0.0286. The Kier molecular flexibility index (Phi) is 10.6. The summed E-state index contributed by atoms with van der Waals surface area (Å²) in [6.45, 7) is 6.82. The molecular weight excluding hydrogens is 614 g/mol. The molecular formula is C37H41N3O8. The lowest BCUT2D eigenvalue weighted by Crippen LogP contribution is -2.51. The molecule has 1 aromatic heterocycles. The fourth-order valence-electron chi connectivity index (χ4n) is 5.88. The molecule has 0 saturated carbocycles. The number of carbonyl (C=O) groups is 2. The summed E-state index contributed by atoms with van der Waals surface area (Å²) in [7, 11) is 6.18. The molecule has 0 bridgehead atoms. The predicted octanol–water partition coefficient (Wildman–Crippen LogP) is 5.20. The van der Waals surface area contributed by atoms with E-state index in [0.717, 1.165) is 18.8 Å². The zero-order valence-electron chi connectivity index (χ0n) is 28.2. The number of fused-ring (bicyclic) bond motifs is 1. The maximum absolute atomic E-state index is 14.1. The number of benzene rings is 3. The minimum Gasteiger partial charge on any atom is -0.497 e. The monoisotopic (exact) mass is 655 g/mol. The van der Waals surface area contributed by atoms with E-state index in [1.807, 2.05) is 30.3 Å². The summed E-state index contributed by atoms with van der Waals surface area (Å²) in [5.74, 6) is 1.38. The van der Waals surface area contributed by atoms with Gasteiger partial charge in [0.2, 0.25) is 5.75 Å².